The van der Waals surface area contributed by atoms with Crippen LogP contribution in [0.3, 0.4) is 0 Å². The Morgan fingerprint density at radius 2 is 2.40 bits per heavy atom. The van der Waals surface area contributed by atoms with Crippen LogP contribution in [-0.4, -0.2) is 27.5 Å². The molecule has 1 saturated heterocycles. The minimum absolute atomic E-state index is 0.0568. The Morgan fingerprint density at radius 1 is 1.55 bits per heavy atom. The van der Waals surface area contributed by atoms with Gasteiger partial charge in [-0.1, -0.05) is 19.0 Å². The molecular weight excluding hydrogens is 274 g/mol. The molecule has 0 bridgehead atoms. The summed E-state index contributed by atoms with van der Waals surface area (Å²) in [6.07, 6.45) is 1.87. The number of nitrogens with zero attached hydrogens (tertiary/aromatic N) is 3. The van der Waals surface area contributed by atoms with E-state index in [9.17, 15) is 4.79 Å². The Hall–Kier alpha value is -1.69. The second-order valence-electron chi connectivity index (χ2n) is 5.31. The molecule has 0 aliphatic carbocycles. The van der Waals surface area contributed by atoms with Crippen LogP contribution in [0.5, 0.6) is 0 Å². The van der Waals surface area contributed by atoms with Crippen molar-refractivity contribution in [2.45, 2.75) is 38.6 Å². The van der Waals surface area contributed by atoms with Crippen LogP contribution in [0.25, 0.3) is 0 Å². The summed E-state index contributed by atoms with van der Waals surface area (Å²) in [7, 11) is 0. The van der Waals surface area contributed by atoms with Gasteiger partial charge in [-0.2, -0.15) is 16.3 Å². The molecule has 2 aromatic rings. The Bertz CT molecular complexity index is 591. The van der Waals surface area contributed by atoms with Gasteiger partial charge >= 0.3 is 0 Å². The molecule has 1 amide bonds. The summed E-state index contributed by atoms with van der Waals surface area (Å²) in [6.45, 7) is 4.78. The molecule has 3 rings (SSSR count). The molecule has 1 aliphatic rings. The number of aromatic nitrogens is 2. The van der Waals surface area contributed by atoms with Crippen molar-refractivity contribution in [3.63, 3.8) is 0 Å². The zero-order valence-electron chi connectivity index (χ0n) is 11.6. The normalized spacial score (nSPS) is 18.9. The van der Waals surface area contributed by atoms with Crippen LogP contribution >= 0.6 is 11.3 Å². The van der Waals surface area contributed by atoms with Gasteiger partial charge in [-0.25, -0.2) is 0 Å². The zero-order valence-corrected chi connectivity index (χ0v) is 12.4. The standard InChI is InChI=1S/C14H17N3O2S/c1-9(2)13-15-12(16-19-13)11-4-3-6-17(11)14(18)10-5-7-20-8-10/h5,7-9,11H,3-4,6H2,1-2H3. The van der Waals surface area contributed by atoms with E-state index in [0.29, 0.717) is 11.7 Å². The molecule has 2 aromatic heterocycles. The van der Waals surface area contributed by atoms with Gasteiger partial charge in [0.1, 0.15) is 0 Å². The lowest BCUT2D eigenvalue weighted by molar-refractivity contribution is 0.0729. The lowest BCUT2D eigenvalue weighted by Gasteiger charge is -2.21. The molecular formula is C14H17N3O2S. The molecule has 0 radical (unpaired) electrons. The van der Waals surface area contributed by atoms with Crippen LogP contribution in [0, 0.1) is 0 Å². The van der Waals surface area contributed by atoms with Gasteiger partial charge in [-0.15, -0.1) is 0 Å². The van der Waals surface area contributed by atoms with Crippen LogP contribution in [0.2, 0.25) is 0 Å². The van der Waals surface area contributed by atoms with Crippen LogP contribution < -0.4 is 0 Å². The first-order valence-corrected chi connectivity index (χ1v) is 7.77. The second kappa shape index (κ2) is 5.36. The first kappa shape index (κ1) is 13.3. The third-order valence-corrected chi connectivity index (χ3v) is 4.21. The van der Waals surface area contributed by atoms with Gasteiger partial charge in [0.25, 0.3) is 5.91 Å². The number of thiophene rings is 1. The highest BCUT2D eigenvalue weighted by molar-refractivity contribution is 7.08. The first-order chi connectivity index (χ1) is 9.66. The van der Waals surface area contributed by atoms with Gasteiger partial charge < -0.3 is 9.42 Å². The average molecular weight is 291 g/mol. The molecule has 3 heterocycles. The Morgan fingerprint density at radius 3 is 3.05 bits per heavy atom. The highest BCUT2D eigenvalue weighted by Gasteiger charge is 2.34. The van der Waals surface area contributed by atoms with Crippen LogP contribution in [0.4, 0.5) is 0 Å². The predicted octanol–water partition coefficient (Wildman–Crippen LogP) is 3.23. The van der Waals surface area contributed by atoms with Crippen molar-refractivity contribution in [2.24, 2.45) is 0 Å². The molecule has 1 unspecified atom stereocenters. The van der Waals surface area contributed by atoms with Crippen molar-refractivity contribution >= 4 is 17.2 Å². The fourth-order valence-electron chi connectivity index (χ4n) is 2.45. The van der Waals surface area contributed by atoms with E-state index in [1.807, 2.05) is 35.6 Å². The van der Waals surface area contributed by atoms with Crippen LogP contribution in [0.1, 0.15) is 60.7 Å². The summed E-state index contributed by atoms with van der Waals surface area (Å²) >= 11 is 1.53. The van der Waals surface area contributed by atoms with E-state index in [4.69, 9.17) is 4.52 Å². The monoisotopic (exact) mass is 291 g/mol. The largest absolute Gasteiger partial charge is 0.339 e. The maximum absolute atomic E-state index is 12.5. The van der Waals surface area contributed by atoms with Gasteiger partial charge in [-0.05, 0) is 24.3 Å². The van der Waals surface area contributed by atoms with Crippen LogP contribution in [0.15, 0.2) is 21.3 Å². The Balaban J connectivity index is 1.83. The number of hydrogen-bond donors (Lipinski definition) is 0. The van der Waals surface area contributed by atoms with Crippen molar-refractivity contribution in [1.82, 2.24) is 15.0 Å². The fourth-order valence-corrected chi connectivity index (χ4v) is 3.08. The number of amides is 1. The van der Waals surface area contributed by atoms with Gasteiger partial charge in [0.15, 0.2) is 5.82 Å². The summed E-state index contributed by atoms with van der Waals surface area (Å²) in [5.74, 6) is 1.54. The van der Waals surface area contributed by atoms with E-state index >= 15 is 0 Å². The summed E-state index contributed by atoms with van der Waals surface area (Å²) in [4.78, 5) is 18.8. The zero-order chi connectivity index (χ0) is 14.1. The predicted molar refractivity (Wildman–Crippen MR) is 75.7 cm³/mol. The minimum Gasteiger partial charge on any atom is -0.339 e. The fraction of sp³-hybridized carbons (Fsp3) is 0.500. The van der Waals surface area contributed by atoms with Gasteiger partial charge in [-0.3, -0.25) is 4.79 Å². The number of carbonyl (C=O) groups excluding carboxylic acids is 1. The van der Waals surface area contributed by atoms with E-state index in [2.05, 4.69) is 10.1 Å². The van der Waals surface area contributed by atoms with Crippen molar-refractivity contribution < 1.29 is 9.32 Å². The summed E-state index contributed by atoms with van der Waals surface area (Å²) in [5, 5.41) is 7.86. The summed E-state index contributed by atoms with van der Waals surface area (Å²) < 4.78 is 5.26. The second-order valence-corrected chi connectivity index (χ2v) is 6.09. The van der Waals surface area contributed by atoms with Gasteiger partial charge in [0.2, 0.25) is 5.89 Å². The third kappa shape index (κ3) is 2.35. The Labute approximate surface area is 121 Å². The van der Waals surface area contributed by atoms with E-state index in [1.165, 1.54) is 11.3 Å². The van der Waals surface area contributed by atoms with E-state index < -0.39 is 0 Å². The summed E-state index contributed by atoms with van der Waals surface area (Å²) in [6, 6.07) is 1.80. The molecule has 20 heavy (non-hydrogen) atoms. The van der Waals surface area contributed by atoms with Gasteiger partial charge in [0.05, 0.1) is 11.6 Å². The van der Waals surface area contributed by atoms with Crippen LogP contribution in [-0.2, 0) is 0 Å². The van der Waals surface area contributed by atoms with Crippen molar-refractivity contribution in [1.29, 1.82) is 0 Å². The lowest BCUT2D eigenvalue weighted by atomic mass is 10.2. The maximum atomic E-state index is 12.5. The molecule has 0 N–H and O–H groups in total. The molecule has 106 valence electrons. The molecule has 1 atom stereocenters. The lowest BCUT2D eigenvalue weighted by Crippen LogP contribution is -2.30. The SMILES string of the molecule is CC(C)c1nc(C2CCCN2C(=O)c2ccsc2)no1. The quantitative estimate of drug-likeness (QED) is 0.871. The minimum atomic E-state index is -0.0568. The van der Waals surface area contributed by atoms with Gasteiger partial charge in [0, 0.05) is 17.8 Å². The van der Waals surface area contributed by atoms with E-state index in [-0.39, 0.29) is 17.9 Å². The van der Waals surface area contributed by atoms with Crippen molar-refractivity contribution in [2.75, 3.05) is 6.54 Å². The highest BCUT2D eigenvalue weighted by Crippen LogP contribution is 2.32. The first-order valence-electron chi connectivity index (χ1n) is 6.83. The number of rotatable bonds is 3. The average Bonchev–Trinajstić information content (AvgIpc) is 3.17. The summed E-state index contributed by atoms with van der Waals surface area (Å²) in [5.41, 5.74) is 0.745. The molecule has 0 aromatic carbocycles. The molecule has 1 aliphatic heterocycles. The van der Waals surface area contributed by atoms with E-state index in [0.717, 1.165) is 24.9 Å². The topological polar surface area (TPSA) is 59.2 Å². The smallest absolute Gasteiger partial charge is 0.255 e. The number of hydrogen-bond acceptors (Lipinski definition) is 5. The molecule has 6 heteroatoms. The van der Waals surface area contributed by atoms with Crippen molar-refractivity contribution in [3.05, 3.63) is 34.1 Å². The van der Waals surface area contributed by atoms with E-state index in [1.54, 1.807) is 0 Å². The number of likely N-dealkylation sites (tertiary alicyclic amines) is 1. The highest BCUT2D eigenvalue weighted by atomic mass is 32.1. The maximum Gasteiger partial charge on any atom is 0.255 e. The third-order valence-electron chi connectivity index (χ3n) is 3.53. The molecule has 0 spiro atoms. The molecule has 1 fully saturated rings. The number of carbonyl (C=O) groups is 1. The Kier molecular flexibility index (Phi) is 3.56. The molecule has 5 nitrogen and oxygen atoms in total. The molecule has 0 saturated carbocycles. The van der Waals surface area contributed by atoms with Crippen molar-refractivity contribution in [3.8, 4) is 0 Å².